The third-order valence-corrected chi connectivity index (χ3v) is 3.69. The van der Waals surface area contributed by atoms with Crippen LogP contribution in [0.15, 0.2) is 36.7 Å². The van der Waals surface area contributed by atoms with E-state index in [0.717, 1.165) is 0 Å². The van der Waals surface area contributed by atoms with E-state index in [1.807, 2.05) is 0 Å². The molecule has 7 heteroatoms. The van der Waals surface area contributed by atoms with Crippen LogP contribution in [0.5, 0.6) is 17.2 Å². The zero-order chi connectivity index (χ0) is 16.4. The summed E-state index contributed by atoms with van der Waals surface area (Å²) < 4.78 is 10.3. The number of hydrogen-bond acceptors (Lipinski definition) is 6. The predicted octanol–water partition coefficient (Wildman–Crippen LogP) is 3.75. The van der Waals surface area contributed by atoms with E-state index in [1.54, 1.807) is 31.4 Å². The molecule has 3 rings (SSSR count). The first-order valence-corrected chi connectivity index (χ1v) is 7.12. The molecule has 0 saturated carbocycles. The van der Waals surface area contributed by atoms with Gasteiger partial charge in [0, 0.05) is 17.5 Å². The van der Waals surface area contributed by atoms with Crippen molar-refractivity contribution in [3.05, 3.63) is 41.7 Å². The van der Waals surface area contributed by atoms with Gasteiger partial charge in [0.05, 0.1) is 30.4 Å². The summed E-state index contributed by atoms with van der Waals surface area (Å²) in [5.74, 6) is 1.57. The van der Waals surface area contributed by atoms with Gasteiger partial charge in [-0.05, 0) is 18.2 Å². The molecule has 1 aromatic heterocycles. The van der Waals surface area contributed by atoms with Crippen molar-refractivity contribution in [1.29, 1.82) is 0 Å². The van der Waals surface area contributed by atoms with E-state index >= 15 is 0 Å². The van der Waals surface area contributed by atoms with Gasteiger partial charge in [-0.3, -0.25) is 0 Å². The van der Waals surface area contributed by atoms with Gasteiger partial charge < -0.3 is 19.9 Å². The van der Waals surface area contributed by atoms with Gasteiger partial charge in [0.25, 0.3) is 0 Å². The molecular formula is C16H14ClN3O3. The van der Waals surface area contributed by atoms with Gasteiger partial charge in [0.15, 0.2) is 11.5 Å². The summed E-state index contributed by atoms with van der Waals surface area (Å²) in [4.78, 5) is 8.40. The second kappa shape index (κ2) is 6.18. The summed E-state index contributed by atoms with van der Waals surface area (Å²) >= 11 is 6.21. The maximum Gasteiger partial charge on any atom is 0.161 e. The Kier molecular flexibility index (Phi) is 4.08. The highest BCUT2D eigenvalue weighted by molar-refractivity contribution is 6.33. The van der Waals surface area contributed by atoms with Crippen molar-refractivity contribution in [2.24, 2.45) is 0 Å². The summed E-state index contributed by atoms with van der Waals surface area (Å²) in [5, 5.41) is 14.2. The van der Waals surface area contributed by atoms with Crippen molar-refractivity contribution < 1.29 is 14.6 Å². The number of aromatic hydroxyl groups is 1. The lowest BCUT2D eigenvalue weighted by molar-refractivity contribution is 0.374. The Morgan fingerprint density at radius 3 is 2.65 bits per heavy atom. The first kappa shape index (κ1) is 15.2. The summed E-state index contributed by atoms with van der Waals surface area (Å²) in [6.45, 7) is 0. The van der Waals surface area contributed by atoms with Crippen molar-refractivity contribution in [3.63, 3.8) is 0 Å². The van der Waals surface area contributed by atoms with Crippen LogP contribution in [0.25, 0.3) is 10.9 Å². The lowest BCUT2D eigenvalue weighted by atomic mass is 10.2. The summed E-state index contributed by atoms with van der Waals surface area (Å²) in [6.07, 6.45) is 1.41. The van der Waals surface area contributed by atoms with E-state index in [1.165, 1.54) is 19.5 Å². The molecule has 0 unspecified atom stereocenters. The average Bonchev–Trinajstić information content (AvgIpc) is 2.56. The summed E-state index contributed by atoms with van der Waals surface area (Å²) in [6, 6.07) is 8.47. The standard InChI is InChI=1S/C16H14ClN3O3/c1-22-9-3-4-11(17)13(5-9)20-16-10-6-15(23-2)14(21)7-12(10)18-8-19-16/h3-8,21H,1-2H3,(H,18,19,20). The Morgan fingerprint density at radius 1 is 1.09 bits per heavy atom. The largest absolute Gasteiger partial charge is 0.504 e. The normalized spacial score (nSPS) is 10.6. The number of aromatic nitrogens is 2. The van der Waals surface area contributed by atoms with Crippen molar-refractivity contribution in [1.82, 2.24) is 9.97 Å². The molecule has 0 aliphatic carbocycles. The molecule has 0 saturated heterocycles. The monoisotopic (exact) mass is 331 g/mol. The molecule has 0 fully saturated rings. The van der Waals surface area contributed by atoms with Gasteiger partial charge >= 0.3 is 0 Å². The minimum atomic E-state index is 0.0177. The van der Waals surface area contributed by atoms with Crippen LogP contribution in [-0.2, 0) is 0 Å². The van der Waals surface area contributed by atoms with Gasteiger partial charge in [-0.25, -0.2) is 9.97 Å². The molecule has 2 N–H and O–H groups in total. The molecule has 0 aliphatic rings. The quantitative estimate of drug-likeness (QED) is 0.758. The topological polar surface area (TPSA) is 76.5 Å². The second-order valence-corrected chi connectivity index (χ2v) is 5.14. The smallest absolute Gasteiger partial charge is 0.161 e. The Morgan fingerprint density at radius 2 is 1.91 bits per heavy atom. The molecular weight excluding hydrogens is 318 g/mol. The summed E-state index contributed by atoms with van der Waals surface area (Å²) in [7, 11) is 3.07. The maximum absolute atomic E-state index is 9.86. The fourth-order valence-corrected chi connectivity index (χ4v) is 2.35. The first-order chi connectivity index (χ1) is 11.1. The number of phenols is 1. The number of methoxy groups -OCH3 is 2. The zero-order valence-corrected chi connectivity index (χ0v) is 13.3. The van der Waals surface area contributed by atoms with Crippen LogP contribution in [0.2, 0.25) is 5.02 Å². The van der Waals surface area contributed by atoms with Crippen molar-refractivity contribution in [2.45, 2.75) is 0 Å². The summed E-state index contributed by atoms with van der Waals surface area (Å²) in [5.41, 5.74) is 1.23. The molecule has 23 heavy (non-hydrogen) atoms. The Hall–Kier alpha value is -2.73. The van der Waals surface area contributed by atoms with Gasteiger partial charge in [-0.15, -0.1) is 0 Å². The van der Waals surface area contributed by atoms with Gasteiger partial charge in [-0.2, -0.15) is 0 Å². The van der Waals surface area contributed by atoms with E-state index in [-0.39, 0.29) is 5.75 Å². The minimum absolute atomic E-state index is 0.0177. The molecule has 6 nitrogen and oxygen atoms in total. The number of nitrogens with zero attached hydrogens (tertiary/aromatic N) is 2. The molecule has 118 valence electrons. The minimum Gasteiger partial charge on any atom is -0.504 e. The molecule has 2 aromatic carbocycles. The predicted molar refractivity (Wildman–Crippen MR) is 89.0 cm³/mol. The van der Waals surface area contributed by atoms with E-state index in [9.17, 15) is 5.11 Å². The van der Waals surface area contributed by atoms with E-state index in [0.29, 0.717) is 38.9 Å². The van der Waals surface area contributed by atoms with Gasteiger partial charge in [-0.1, -0.05) is 11.6 Å². The highest BCUT2D eigenvalue weighted by Gasteiger charge is 2.11. The number of fused-ring (bicyclic) bond motifs is 1. The number of ether oxygens (including phenoxy) is 2. The highest BCUT2D eigenvalue weighted by atomic mass is 35.5. The van der Waals surface area contributed by atoms with Crippen molar-refractivity contribution in [2.75, 3.05) is 19.5 Å². The van der Waals surface area contributed by atoms with Crippen LogP contribution >= 0.6 is 11.6 Å². The Labute approximate surface area is 137 Å². The van der Waals surface area contributed by atoms with Gasteiger partial charge in [0.2, 0.25) is 0 Å². The second-order valence-electron chi connectivity index (χ2n) is 4.73. The third-order valence-electron chi connectivity index (χ3n) is 3.36. The Balaban J connectivity index is 2.10. The van der Waals surface area contributed by atoms with Crippen LogP contribution < -0.4 is 14.8 Å². The van der Waals surface area contributed by atoms with Crippen LogP contribution in [-0.4, -0.2) is 29.3 Å². The lowest BCUT2D eigenvalue weighted by Crippen LogP contribution is -1.98. The number of phenolic OH excluding ortho intramolecular Hbond substituents is 1. The SMILES string of the molecule is COc1ccc(Cl)c(Nc2ncnc3cc(O)c(OC)cc23)c1. The molecule has 0 bridgehead atoms. The fourth-order valence-electron chi connectivity index (χ4n) is 2.19. The van der Waals surface area contributed by atoms with Gasteiger partial charge in [0.1, 0.15) is 17.9 Å². The zero-order valence-electron chi connectivity index (χ0n) is 12.5. The fraction of sp³-hybridized carbons (Fsp3) is 0.125. The third kappa shape index (κ3) is 2.93. The molecule has 1 heterocycles. The number of benzene rings is 2. The Bertz CT molecular complexity index is 871. The average molecular weight is 332 g/mol. The number of hydrogen-bond donors (Lipinski definition) is 2. The van der Waals surface area contributed by atoms with Crippen LogP contribution in [0.3, 0.4) is 0 Å². The van der Waals surface area contributed by atoms with E-state index in [4.69, 9.17) is 21.1 Å². The first-order valence-electron chi connectivity index (χ1n) is 6.74. The molecule has 3 aromatic rings. The number of nitrogens with one attached hydrogen (secondary N) is 1. The van der Waals surface area contributed by atoms with Crippen molar-refractivity contribution in [3.8, 4) is 17.2 Å². The van der Waals surface area contributed by atoms with E-state index in [2.05, 4.69) is 15.3 Å². The van der Waals surface area contributed by atoms with Crippen molar-refractivity contribution >= 4 is 34.0 Å². The van der Waals surface area contributed by atoms with E-state index < -0.39 is 0 Å². The molecule has 0 radical (unpaired) electrons. The number of anilines is 2. The molecule has 0 aliphatic heterocycles. The molecule has 0 amide bonds. The van der Waals surface area contributed by atoms with Crippen LogP contribution in [0.4, 0.5) is 11.5 Å². The number of rotatable bonds is 4. The lowest BCUT2D eigenvalue weighted by Gasteiger charge is -2.12. The number of halogens is 1. The maximum atomic E-state index is 9.86. The molecule has 0 spiro atoms. The van der Waals surface area contributed by atoms with Crippen LogP contribution in [0.1, 0.15) is 0 Å². The highest BCUT2D eigenvalue weighted by Crippen LogP contribution is 2.35. The molecule has 0 atom stereocenters. The van der Waals surface area contributed by atoms with Crippen LogP contribution in [0, 0.1) is 0 Å².